The van der Waals surface area contributed by atoms with E-state index >= 15 is 0 Å². The third-order valence-corrected chi connectivity index (χ3v) is 3.91. The Bertz CT molecular complexity index is 408. The quantitative estimate of drug-likeness (QED) is 0.912. The molecule has 4 heteroatoms. The van der Waals surface area contributed by atoms with E-state index in [1.165, 1.54) is 11.3 Å². The fraction of sp³-hybridized carbons (Fsp3) is 0.625. The van der Waals surface area contributed by atoms with E-state index < -0.39 is 0 Å². The Morgan fingerprint density at radius 3 is 2.20 bits per heavy atom. The molecular weight excluding hydrogens is 250 g/mol. The molecule has 20 heavy (non-hydrogen) atoms. The fourth-order valence-electron chi connectivity index (χ4n) is 2.96. The lowest BCUT2D eigenvalue weighted by Crippen LogP contribution is -2.48. The van der Waals surface area contributed by atoms with Gasteiger partial charge in [0.1, 0.15) is 0 Å². The number of rotatable bonds is 4. The van der Waals surface area contributed by atoms with Gasteiger partial charge in [0.25, 0.3) is 0 Å². The maximum absolute atomic E-state index is 6.03. The number of morpholine rings is 1. The van der Waals surface area contributed by atoms with Gasteiger partial charge in [-0.2, -0.15) is 0 Å². The summed E-state index contributed by atoms with van der Waals surface area (Å²) in [6.07, 6.45) is 0.544. The second-order valence-electron chi connectivity index (χ2n) is 5.95. The monoisotopic (exact) mass is 277 g/mol. The van der Waals surface area contributed by atoms with Crippen LogP contribution in [-0.4, -0.2) is 50.8 Å². The zero-order valence-electron chi connectivity index (χ0n) is 13.0. The lowest BCUT2D eigenvalue weighted by atomic mass is 10.0. The second kappa shape index (κ2) is 6.57. The summed E-state index contributed by atoms with van der Waals surface area (Å²) < 4.78 is 5.81. The molecule has 1 aliphatic rings. The largest absolute Gasteiger partial charge is 0.378 e. The van der Waals surface area contributed by atoms with Crippen molar-refractivity contribution < 1.29 is 4.74 Å². The van der Waals surface area contributed by atoms with Crippen LogP contribution in [0.15, 0.2) is 24.3 Å². The Morgan fingerprint density at radius 1 is 1.20 bits per heavy atom. The Balaban J connectivity index is 2.14. The first-order valence-corrected chi connectivity index (χ1v) is 7.38. The molecule has 0 amide bonds. The lowest BCUT2D eigenvalue weighted by molar-refractivity contribution is -0.0799. The number of benzene rings is 1. The highest BCUT2D eigenvalue weighted by Crippen LogP contribution is 2.25. The molecule has 1 aromatic carbocycles. The molecule has 0 aliphatic carbocycles. The van der Waals surface area contributed by atoms with Crippen LogP contribution in [0.3, 0.4) is 0 Å². The van der Waals surface area contributed by atoms with Crippen molar-refractivity contribution in [1.29, 1.82) is 0 Å². The molecule has 1 heterocycles. The van der Waals surface area contributed by atoms with Crippen molar-refractivity contribution in [3.05, 3.63) is 29.8 Å². The minimum atomic E-state index is 0.272. The van der Waals surface area contributed by atoms with Crippen molar-refractivity contribution in [3.8, 4) is 0 Å². The first-order chi connectivity index (χ1) is 9.51. The van der Waals surface area contributed by atoms with Crippen LogP contribution < -0.4 is 10.6 Å². The van der Waals surface area contributed by atoms with Crippen molar-refractivity contribution in [2.24, 2.45) is 5.73 Å². The van der Waals surface area contributed by atoms with E-state index in [-0.39, 0.29) is 18.2 Å². The molecule has 2 rings (SSSR count). The normalized spacial score (nSPS) is 25.4. The number of ether oxygens (including phenoxy) is 1. The third kappa shape index (κ3) is 3.51. The van der Waals surface area contributed by atoms with Gasteiger partial charge in [0.2, 0.25) is 0 Å². The summed E-state index contributed by atoms with van der Waals surface area (Å²) in [7, 11) is 4.11. The highest BCUT2D eigenvalue weighted by atomic mass is 16.5. The molecule has 1 aromatic rings. The van der Waals surface area contributed by atoms with Gasteiger partial charge < -0.3 is 15.4 Å². The summed E-state index contributed by atoms with van der Waals surface area (Å²) >= 11 is 0. The molecule has 0 aromatic heterocycles. The van der Waals surface area contributed by atoms with E-state index in [0.717, 1.165) is 13.1 Å². The van der Waals surface area contributed by atoms with Crippen molar-refractivity contribution in [3.63, 3.8) is 0 Å². The van der Waals surface area contributed by atoms with Gasteiger partial charge in [0.05, 0.1) is 12.2 Å². The molecule has 0 bridgehead atoms. The zero-order valence-corrected chi connectivity index (χ0v) is 13.0. The number of nitrogens with two attached hydrogens (primary N) is 1. The molecular formula is C16H27N3O. The molecule has 112 valence electrons. The average Bonchev–Trinajstić information content (AvgIpc) is 2.39. The van der Waals surface area contributed by atoms with Gasteiger partial charge in [-0.25, -0.2) is 0 Å². The smallest absolute Gasteiger partial charge is 0.0678 e. The van der Waals surface area contributed by atoms with Gasteiger partial charge in [0, 0.05) is 45.5 Å². The Labute approximate surface area is 122 Å². The van der Waals surface area contributed by atoms with Crippen LogP contribution >= 0.6 is 0 Å². The van der Waals surface area contributed by atoms with E-state index in [0.29, 0.717) is 6.54 Å². The summed E-state index contributed by atoms with van der Waals surface area (Å²) in [5.74, 6) is 0. The maximum atomic E-state index is 6.03. The van der Waals surface area contributed by atoms with E-state index in [9.17, 15) is 0 Å². The molecule has 0 spiro atoms. The van der Waals surface area contributed by atoms with Gasteiger partial charge >= 0.3 is 0 Å². The SMILES string of the molecule is CC1CN(C(CN)c2ccc(N(C)C)cc2)CC(C)O1. The molecule has 1 aliphatic heterocycles. The summed E-state index contributed by atoms with van der Waals surface area (Å²) in [4.78, 5) is 4.56. The summed E-state index contributed by atoms with van der Waals surface area (Å²) in [6, 6.07) is 8.98. The van der Waals surface area contributed by atoms with Crippen molar-refractivity contribution >= 4 is 5.69 Å². The number of hydrogen-bond acceptors (Lipinski definition) is 4. The van der Waals surface area contributed by atoms with Crippen molar-refractivity contribution in [2.75, 3.05) is 38.6 Å². The molecule has 1 fully saturated rings. The van der Waals surface area contributed by atoms with Crippen LogP contribution in [-0.2, 0) is 4.74 Å². The molecule has 4 nitrogen and oxygen atoms in total. The molecule has 3 atom stereocenters. The molecule has 2 N–H and O–H groups in total. The number of nitrogens with zero attached hydrogens (tertiary/aromatic N) is 2. The highest BCUT2D eigenvalue weighted by molar-refractivity contribution is 5.46. The van der Waals surface area contributed by atoms with Crippen LogP contribution in [0.2, 0.25) is 0 Å². The van der Waals surface area contributed by atoms with Crippen LogP contribution in [0.4, 0.5) is 5.69 Å². The van der Waals surface area contributed by atoms with Gasteiger partial charge in [-0.3, -0.25) is 4.90 Å². The first-order valence-electron chi connectivity index (χ1n) is 7.38. The second-order valence-corrected chi connectivity index (χ2v) is 5.95. The zero-order chi connectivity index (χ0) is 14.7. The molecule has 1 saturated heterocycles. The van der Waals surface area contributed by atoms with Gasteiger partial charge in [0.15, 0.2) is 0 Å². The standard InChI is InChI=1S/C16H27N3O/c1-12-10-19(11-13(2)20-12)16(9-17)14-5-7-15(8-6-14)18(3)4/h5-8,12-13,16H,9-11,17H2,1-4H3. The third-order valence-electron chi connectivity index (χ3n) is 3.91. The summed E-state index contributed by atoms with van der Waals surface area (Å²) in [5, 5.41) is 0. The number of hydrogen-bond donors (Lipinski definition) is 1. The molecule has 3 unspecified atom stereocenters. The van der Waals surface area contributed by atoms with Crippen LogP contribution in [0.25, 0.3) is 0 Å². The van der Waals surface area contributed by atoms with Crippen LogP contribution in [0.1, 0.15) is 25.5 Å². The van der Waals surface area contributed by atoms with E-state index in [4.69, 9.17) is 10.5 Å². The van der Waals surface area contributed by atoms with E-state index in [1.54, 1.807) is 0 Å². The van der Waals surface area contributed by atoms with Crippen molar-refractivity contribution in [1.82, 2.24) is 4.90 Å². The average molecular weight is 277 g/mol. The minimum Gasteiger partial charge on any atom is -0.378 e. The predicted molar refractivity (Wildman–Crippen MR) is 84.1 cm³/mol. The van der Waals surface area contributed by atoms with Crippen LogP contribution in [0.5, 0.6) is 0 Å². The lowest BCUT2D eigenvalue weighted by Gasteiger charge is -2.40. The molecule has 0 radical (unpaired) electrons. The van der Waals surface area contributed by atoms with Gasteiger partial charge in [-0.15, -0.1) is 0 Å². The Morgan fingerprint density at radius 2 is 1.75 bits per heavy atom. The Hall–Kier alpha value is -1.10. The topological polar surface area (TPSA) is 41.7 Å². The maximum Gasteiger partial charge on any atom is 0.0678 e. The summed E-state index contributed by atoms with van der Waals surface area (Å²) in [5.41, 5.74) is 8.54. The minimum absolute atomic E-state index is 0.272. The first kappa shape index (κ1) is 15.3. The van der Waals surface area contributed by atoms with Crippen molar-refractivity contribution in [2.45, 2.75) is 32.1 Å². The number of anilines is 1. The highest BCUT2D eigenvalue weighted by Gasteiger charge is 2.28. The van der Waals surface area contributed by atoms with Crippen LogP contribution in [0, 0.1) is 0 Å². The summed E-state index contributed by atoms with van der Waals surface area (Å²) in [6.45, 7) is 6.79. The van der Waals surface area contributed by atoms with Gasteiger partial charge in [-0.05, 0) is 31.5 Å². The Kier molecular flexibility index (Phi) is 5.02. The predicted octanol–water partition coefficient (Wildman–Crippen LogP) is 1.86. The van der Waals surface area contributed by atoms with E-state index in [1.807, 2.05) is 0 Å². The fourth-order valence-corrected chi connectivity index (χ4v) is 2.96. The van der Waals surface area contributed by atoms with Gasteiger partial charge in [-0.1, -0.05) is 12.1 Å². The van der Waals surface area contributed by atoms with E-state index in [2.05, 4.69) is 62.0 Å². The molecule has 0 saturated carbocycles.